The molecule has 0 aliphatic carbocycles. The first-order valence-corrected chi connectivity index (χ1v) is 3.78. The lowest BCUT2D eigenvalue weighted by atomic mass is 10.7. The van der Waals surface area contributed by atoms with Crippen molar-refractivity contribution in [2.45, 2.75) is 0 Å². The fraction of sp³-hybridized carbons (Fsp3) is 0. The minimum atomic E-state index is -1.82. The average molecular weight is 174 g/mol. The van der Waals surface area contributed by atoms with Crippen LogP contribution in [0.2, 0.25) is 0 Å². The van der Waals surface area contributed by atoms with Crippen molar-refractivity contribution in [3.05, 3.63) is 0 Å². The van der Waals surface area contributed by atoms with E-state index in [1.807, 2.05) is 0 Å². The van der Waals surface area contributed by atoms with E-state index in [1.165, 1.54) is 0 Å². The average Bonchev–Trinajstić information content (AvgIpc) is 1.68. The quantitative estimate of drug-likeness (QED) is 0.400. The highest BCUT2D eigenvalue weighted by molar-refractivity contribution is 7.57. The van der Waals surface area contributed by atoms with Gasteiger partial charge in [0, 0.05) is 0 Å². The second-order valence-corrected chi connectivity index (χ2v) is 1.41. The number of carbonyl (C=O) groups is 2. The van der Waals surface area contributed by atoms with Crippen LogP contribution in [-0.2, 0) is 14.2 Å². The van der Waals surface area contributed by atoms with Crippen molar-refractivity contribution in [2.24, 2.45) is 0 Å². The van der Waals surface area contributed by atoms with Crippen molar-refractivity contribution in [1.29, 1.82) is 0 Å². The molecule has 0 bridgehead atoms. The molecule has 0 fully saturated rings. The Labute approximate surface area is 56.2 Å². The van der Waals surface area contributed by atoms with Crippen molar-refractivity contribution in [2.75, 3.05) is 0 Å². The molecule has 1 unspecified atom stereocenters. The van der Waals surface area contributed by atoms with Crippen LogP contribution in [0.25, 0.3) is 0 Å². The molecule has 54 valence electrons. The van der Waals surface area contributed by atoms with Crippen LogP contribution in [0.5, 0.6) is 0 Å². The maximum atomic E-state index is 9.10. The Kier molecular flexibility index (Phi) is 9.35. The van der Waals surface area contributed by atoms with Crippen LogP contribution >= 0.6 is 19.1 Å². The topological polar surface area (TPSA) is 91.7 Å². The van der Waals surface area contributed by atoms with Gasteiger partial charge in [-0.05, 0) is 0 Å². The molecule has 0 aromatic carbocycles. The first-order chi connectivity index (χ1) is 4.06. The van der Waals surface area contributed by atoms with Gasteiger partial charge in [0.25, 0.3) is 0 Å². The summed E-state index contributed by atoms with van der Waals surface area (Å²) in [5.74, 6) is -3.65. The molecule has 0 aliphatic rings. The zero-order chi connectivity index (χ0) is 7.86. The van der Waals surface area contributed by atoms with Gasteiger partial charge in [-0.25, -0.2) is 9.59 Å². The number of carboxylic acid groups (broad SMARTS) is 2. The Morgan fingerprint density at radius 2 is 1.33 bits per heavy atom. The highest BCUT2D eigenvalue weighted by atomic mass is 35.7. The summed E-state index contributed by atoms with van der Waals surface area (Å²) in [6, 6.07) is 0. The fourth-order valence-electron chi connectivity index (χ4n) is 0. The van der Waals surface area contributed by atoms with E-state index in [2.05, 4.69) is 11.2 Å². The Morgan fingerprint density at radius 1 is 1.22 bits per heavy atom. The minimum Gasteiger partial charge on any atom is -0.473 e. The Balaban J connectivity index is 0. The molecule has 0 amide bonds. The predicted octanol–water partition coefficient (Wildman–Crippen LogP) is 0.0521. The summed E-state index contributed by atoms with van der Waals surface area (Å²) in [6.45, 7) is 0. The molecule has 2 N–H and O–H groups in total. The molecule has 0 aromatic heterocycles. The van der Waals surface area contributed by atoms with Crippen molar-refractivity contribution in [3.8, 4) is 0 Å². The summed E-state index contributed by atoms with van der Waals surface area (Å²) in [6.07, 6.45) is 0. The molecule has 7 heteroatoms. The van der Waals surface area contributed by atoms with Crippen LogP contribution in [0.1, 0.15) is 0 Å². The molecule has 5 nitrogen and oxygen atoms in total. The van der Waals surface area contributed by atoms with Gasteiger partial charge in [0.1, 0.15) is 7.81 Å². The molecule has 0 spiro atoms. The molecular formula is C2H4ClO5P. The zero-order valence-corrected chi connectivity index (χ0v) is 5.99. The highest BCUT2D eigenvalue weighted by Gasteiger charge is 2.04. The van der Waals surface area contributed by atoms with Gasteiger partial charge in [-0.15, -0.1) is 0 Å². The largest absolute Gasteiger partial charge is 0.473 e. The maximum absolute atomic E-state index is 9.10. The van der Waals surface area contributed by atoms with Crippen molar-refractivity contribution in [3.63, 3.8) is 0 Å². The van der Waals surface area contributed by atoms with Gasteiger partial charge >= 0.3 is 11.9 Å². The lowest BCUT2D eigenvalue weighted by molar-refractivity contribution is -0.159. The highest BCUT2D eigenvalue weighted by Crippen LogP contribution is 1.92. The molecule has 0 heterocycles. The fourth-order valence-corrected chi connectivity index (χ4v) is 0. The lowest BCUT2D eigenvalue weighted by Crippen LogP contribution is -2.09. The summed E-state index contributed by atoms with van der Waals surface area (Å²) < 4.78 is 8.78. The summed E-state index contributed by atoms with van der Waals surface area (Å²) in [5.41, 5.74) is 0. The lowest BCUT2D eigenvalue weighted by Gasteiger charge is -1.72. The minimum absolute atomic E-state index is 1.03. The third-order valence-electron chi connectivity index (χ3n) is 0.183. The van der Waals surface area contributed by atoms with E-state index in [1.54, 1.807) is 0 Å². The van der Waals surface area contributed by atoms with E-state index in [9.17, 15) is 0 Å². The van der Waals surface area contributed by atoms with E-state index >= 15 is 0 Å². The number of aliphatic carboxylic acids is 2. The maximum Gasteiger partial charge on any atom is 0.414 e. The van der Waals surface area contributed by atoms with Crippen molar-refractivity contribution in [1.82, 2.24) is 0 Å². The van der Waals surface area contributed by atoms with Gasteiger partial charge < -0.3 is 14.8 Å². The van der Waals surface area contributed by atoms with Gasteiger partial charge in [0.05, 0.1) is 0 Å². The molecule has 1 atom stereocenters. The van der Waals surface area contributed by atoms with Gasteiger partial charge in [-0.2, -0.15) is 0 Å². The van der Waals surface area contributed by atoms with Crippen LogP contribution in [0, 0.1) is 0 Å². The molecule has 0 aliphatic heterocycles. The van der Waals surface area contributed by atoms with E-state index < -0.39 is 19.8 Å². The molecule has 9 heavy (non-hydrogen) atoms. The Bertz CT molecular complexity index is 110. The van der Waals surface area contributed by atoms with Crippen molar-refractivity contribution >= 4 is 31.0 Å². The number of carboxylic acids is 2. The summed E-state index contributed by atoms with van der Waals surface area (Å²) >= 11 is 4.53. The van der Waals surface area contributed by atoms with Crippen LogP contribution in [0.15, 0.2) is 0 Å². The van der Waals surface area contributed by atoms with E-state index in [0.29, 0.717) is 0 Å². The molecule has 0 saturated carbocycles. The third kappa shape index (κ3) is 18.6. The first kappa shape index (κ1) is 11.3. The number of rotatable bonds is 0. The van der Waals surface area contributed by atoms with Crippen molar-refractivity contribution < 1.29 is 24.4 Å². The third-order valence-corrected chi connectivity index (χ3v) is 0.183. The monoisotopic (exact) mass is 174 g/mol. The predicted molar refractivity (Wildman–Crippen MR) is 31.5 cm³/mol. The summed E-state index contributed by atoms with van der Waals surface area (Å²) in [5, 5.41) is 14.8. The normalized spacial score (nSPS) is 8.11. The second-order valence-electron chi connectivity index (χ2n) is 0.699. The molecule has 0 radical (unpaired) electrons. The molecule has 0 rings (SSSR count). The smallest absolute Gasteiger partial charge is 0.414 e. The zero-order valence-electron chi connectivity index (χ0n) is 4.07. The van der Waals surface area contributed by atoms with Crippen LogP contribution in [-0.4, -0.2) is 22.2 Å². The van der Waals surface area contributed by atoms with Crippen LogP contribution in [0.3, 0.4) is 0 Å². The van der Waals surface area contributed by atoms with E-state index in [-0.39, 0.29) is 0 Å². The molecule has 0 saturated heterocycles. The standard InChI is InChI=1S/C2H2O4.ClH2OP/c3-1(4)2(5)6;1-3-2/h(H,3,4)(H,5,6);3H2. The number of hydrogen-bond acceptors (Lipinski definition) is 3. The summed E-state index contributed by atoms with van der Waals surface area (Å²) in [7, 11) is -1.03. The Morgan fingerprint density at radius 3 is 1.33 bits per heavy atom. The Hall–Kier alpha value is -0.540. The van der Waals surface area contributed by atoms with E-state index in [4.69, 9.17) is 24.4 Å². The van der Waals surface area contributed by atoms with Gasteiger partial charge in [-0.1, -0.05) is 11.2 Å². The van der Waals surface area contributed by atoms with Gasteiger partial charge in [0.15, 0.2) is 0 Å². The van der Waals surface area contributed by atoms with E-state index in [0.717, 1.165) is 0 Å². The van der Waals surface area contributed by atoms with Gasteiger partial charge in [-0.3, -0.25) is 0 Å². The van der Waals surface area contributed by atoms with Crippen LogP contribution in [0.4, 0.5) is 0 Å². The number of halogens is 1. The van der Waals surface area contributed by atoms with Crippen LogP contribution < -0.4 is 0 Å². The molecule has 0 aromatic rings. The number of hydrogen-bond donors (Lipinski definition) is 2. The SMILES string of the molecule is O=C(O)C(=O)O.O=[PH2]Cl. The summed E-state index contributed by atoms with van der Waals surface area (Å²) in [4.78, 5) is 18.2. The van der Waals surface area contributed by atoms with Gasteiger partial charge in [0.2, 0.25) is 0 Å². The molecular weight excluding hydrogens is 170 g/mol. The second kappa shape index (κ2) is 7.46. The first-order valence-electron chi connectivity index (χ1n) is 1.56.